The minimum atomic E-state index is 0.954. The standard InChI is InChI=1S/C17H22N2S/c1-3-8-18-16-7-9-19-17(11-16)13-20-12-15-6-4-5-14(2)10-15/h4-7,9-11H,3,8,12-13H2,1-2H3,(H,18,19). The van der Waals surface area contributed by atoms with E-state index in [4.69, 9.17) is 0 Å². The Bertz CT molecular complexity index is 540. The monoisotopic (exact) mass is 286 g/mol. The van der Waals surface area contributed by atoms with E-state index in [0.717, 1.165) is 30.2 Å². The maximum absolute atomic E-state index is 4.44. The second-order valence-electron chi connectivity index (χ2n) is 4.94. The van der Waals surface area contributed by atoms with Crippen molar-refractivity contribution in [3.05, 3.63) is 59.4 Å². The van der Waals surface area contributed by atoms with Crippen molar-refractivity contribution in [3.8, 4) is 0 Å². The summed E-state index contributed by atoms with van der Waals surface area (Å²) >= 11 is 1.91. The lowest BCUT2D eigenvalue weighted by Gasteiger charge is -2.07. The molecule has 0 bridgehead atoms. The van der Waals surface area contributed by atoms with E-state index < -0.39 is 0 Å². The first kappa shape index (κ1) is 14.9. The van der Waals surface area contributed by atoms with Crippen molar-refractivity contribution in [1.29, 1.82) is 0 Å². The minimum Gasteiger partial charge on any atom is -0.385 e. The SMILES string of the molecule is CCCNc1ccnc(CSCc2cccc(C)c2)c1. The van der Waals surface area contributed by atoms with Crippen molar-refractivity contribution in [3.63, 3.8) is 0 Å². The van der Waals surface area contributed by atoms with Gasteiger partial charge in [0.25, 0.3) is 0 Å². The summed E-state index contributed by atoms with van der Waals surface area (Å²) in [5, 5.41) is 3.40. The van der Waals surface area contributed by atoms with Gasteiger partial charge in [0.1, 0.15) is 0 Å². The number of pyridine rings is 1. The molecule has 0 aliphatic rings. The normalized spacial score (nSPS) is 10.5. The second-order valence-corrected chi connectivity index (χ2v) is 5.93. The lowest BCUT2D eigenvalue weighted by molar-refractivity contribution is 0.977. The van der Waals surface area contributed by atoms with Gasteiger partial charge in [-0.3, -0.25) is 4.98 Å². The van der Waals surface area contributed by atoms with Crippen molar-refractivity contribution in [2.45, 2.75) is 31.8 Å². The fourth-order valence-corrected chi connectivity index (χ4v) is 2.90. The predicted molar refractivity (Wildman–Crippen MR) is 89.2 cm³/mol. The molecule has 1 aromatic carbocycles. The zero-order valence-corrected chi connectivity index (χ0v) is 13.0. The van der Waals surface area contributed by atoms with Gasteiger partial charge in [0, 0.05) is 29.9 Å². The molecule has 0 unspecified atom stereocenters. The number of nitrogens with one attached hydrogen (secondary N) is 1. The number of nitrogens with zero attached hydrogens (tertiary/aromatic N) is 1. The average molecular weight is 286 g/mol. The van der Waals surface area contributed by atoms with Crippen molar-refractivity contribution in [1.82, 2.24) is 4.98 Å². The van der Waals surface area contributed by atoms with Crippen molar-refractivity contribution < 1.29 is 0 Å². The third kappa shape index (κ3) is 4.89. The van der Waals surface area contributed by atoms with Crippen molar-refractivity contribution in [2.75, 3.05) is 11.9 Å². The smallest absolute Gasteiger partial charge is 0.0523 e. The first-order valence-corrected chi connectivity index (χ1v) is 8.25. The number of thioether (sulfide) groups is 1. The van der Waals surface area contributed by atoms with Gasteiger partial charge in [-0.25, -0.2) is 0 Å². The molecule has 0 radical (unpaired) electrons. The van der Waals surface area contributed by atoms with Crippen LogP contribution in [0.5, 0.6) is 0 Å². The number of rotatable bonds is 7. The Balaban J connectivity index is 1.84. The topological polar surface area (TPSA) is 24.9 Å². The molecule has 20 heavy (non-hydrogen) atoms. The minimum absolute atomic E-state index is 0.954. The zero-order chi connectivity index (χ0) is 14.2. The van der Waals surface area contributed by atoms with E-state index in [1.54, 1.807) is 0 Å². The molecule has 2 aromatic rings. The second kappa shape index (κ2) is 7.95. The van der Waals surface area contributed by atoms with Crippen LogP contribution in [0.2, 0.25) is 0 Å². The van der Waals surface area contributed by atoms with Crippen molar-refractivity contribution in [2.24, 2.45) is 0 Å². The van der Waals surface area contributed by atoms with E-state index in [2.05, 4.69) is 54.5 Å². The van der Waals surface area contributed by atoms with Crippen molar-refractivity contribution >= 4 is 17.4 Å². The number of hydrogen-bond donors (Lipinski definition) is 1. The molecule has 2 rings (SSSR count). The summed E-state index contributed by atoms with van der Waals surface area (Å²) in [4.78, 5) is 4.44. The first-order valence-electron chi connectivity index (χ1n) is 7.10. The van der Waals surface area contributed by atoms with Crippen LogP contribution in [0.1, 0.15) is 30.2 Å². The molecule has 1 N–H and O–H groups in total. The maximum Gasteiger partial charge on any atom is 0.0523 e. The van der Waals surface area contributed by atoms with E-state index in [9.17, 15) is 0 Å². The van der Waals surface area contributed by atoms with Crippen LogP contribution in [0.4, 0.5) is 5.69 Å². The van der Waals surface area contributed by atoms with Gasteiger partial charge >= 0.3 is 0 Å². The molecule has 0 aliphatic heterocycles. The molecule has 0 spiro atoms. The Morgan fingerprint density at radius 3 is 2.85 bits per heavy atom. The molecule has 0 atom stereocenters. The highest BCUT2D eigenvalue weighted by Crippen LogP contribution is 2.19. The number of benzene rings is 1. The number of aromatic nitrogens is 1. The molecule has 3 heteroatoms. The molecule has 0 saturated heterocycles. The van der Waals surface area contributed by atoms with Gasteiger partial charge in [0.05, 0.1) is 5.69 Å². The van der Waals surface area contributed by atoms with Gasteiger partial charge < -0.3 is 5.32 Å². The van der Waals surface area contributed by atoms with Gasteiger partial charge in [-0.15, -0.1) is 0 Å². The molecule has 0 saturated carbocycles. The quantitative estimate of drug-likeness (QED) is 0.802. The molecule has 0 amide bonds. The molecule has 0 fully saturated rings. The van der Waals surface area contributed by atoms with Gasteiger partial charge in [0.2, 0.25) is 0 Å². The van der Waals surface area contributed by atoms with E-state index in [0.29, 0.717) is 0 Å². The lowest BCUT2D eigenvalue weighted by Crippen LogP contribution is -2.00. The Morgan fingerprint density at radius 2 is 2.05 bits per heavy atom. The third-order valence-corrected chi connectivity index (χ3v) is 4.03. The van der Waals surface area contributed by atoms with E-state index >= 15 is 0 Å². The van der Waals surface area contributed by atoms with E-state index in [1.807, 2.05) is 24.0 Å². The van der Waals surface area contributed by atoms with Gasteiger partial charge in [-0.1, -0.05) is 36.8 Å². The average Bonchev–Trinajstić information content (AvgIpc) is 2.46. The van der Waals surface area contributed by atoms with Crippen LogP contribution < -0.4 is 5.32 Å². The number of aryl methyl sites for hydroxylation is 1. The summed E-state index contributed by atoms with van der Waals surface area (Å²) in [7, 11) is 0. The molecule has 1 heterocycles. The Hall–Kier alpha value is -1.48. The van der Waals surface area contributed by atoms with Crippen LogP contribution in [-0.2, 0) is 11.5 Å². The first-order chi connectivity index (χ1) is 9.78. The third-order valence-electron chi connectivity index (χ3n) is 3.00. The van der Waals surface area contributed by atoms with Crippen LogP contribution >= 0.6 is 11.8 Å². The highest BCUT2D eigenvalue weighted by molar-refractivity contribution is 7.97. The van der Waals surface area contributed by atoms with E-state index in [1.165, 1.54) is 16.8 Å². The Morgan fingerprint density at radius 1 is 1.15 bits per heavy atom. The predicted octanol–water partition coefficient (Wildman–Crippen LogP) is 4.65. The zero-order valence-electron chi connectivity index (χ0n) is 12.2. The molecule has 2 nitrogen and oxygen atoms in total. The molecule has 1 aromatic heterocycles. The fraction of sp³-hybridized carbons (Fsp3) is 0.353. The van der Waals surface area contributed by atoms with Crippen LogP contribution in [0.15, 0.2) is 42.6 Å². The summed E-state index contributed by atoms with van der Waals surface area (Å²) in [5.41, 5.74) is 5.03. The van der Waals surface area contributed by atoms with Crippen LogP contribution in [0.25, 0.3) is 0 Å². The molecule has 106 valence electrons. The lowest BCUT2D eigenvalue weighted by atomic mass is 10.2. The number of anilines is 1. The molecule has 0 aliphatic carbocycles. The van der Waals surface area contributed by atoms with Crippen LogP contribution in [0.3, 0.4) is 0 Å². The summed E-state index contributed by atoms with van der Waals surface area (Å²) in [6, 6.07) is 12.9. The van der Waals surface area contributed by atoms with Gasteiger partial charge in [-0.05, 0) is 31.0 Å². The Labute approximate surface area is 126 Å². The summed E-state index contributed by atoms with van der Waals surface area (Å²) in [5.74, 6) is 1.99. The number of hydrogen-bond acceptors (Lipinski definition) is 3. The largest absolute Gasteiger partial charge is 0.385 e. The Kier molecular flexibility index (Phi) is 5.93. The van der Waals surface area contributed by atoms with Crippen LogP contribution in [0, 0.1) is 6.92 Å². The highest BCUT2D eigenvalue weighted by Gasteiger charge is 1.99. The fourth-order valence-electron chi connectivity index (χ4n) is 2.01. The summed E-state index contributed by atoms with van der Waals surface area (Å²) in [6.07, 6.45) is 3.03. The van der Waals surface area contributed by atoms with Gasteiger partial charge in [0.15, 0.2) is 0 Å². The van der Waals surface area contributed by atoms with Gasteiger partial charge in [-0.2, -0.15) is 11.8 Å². The molecular weight excluding hydrogens is 264 g/mol. The summed E-state index contributed by atoms with van der Waals surface area (Å²) < 4.78 is 0. The summed E-state index contributed by atoms with van der Waals surface area (Å²) in [6.45, 7) is 5.32. The van der Waals surface area contributed by atoms with Crippen LogP contribution in [-0.4, -0.2) is 11.5 Å². The maximum atomic E-state index is 4.44. The molecular formula is C17H22N2S. The van der Waals surface area contributed by atoms with E-state index in [-0.39, 0.29) is 0 Å². The highest BCUT2D eigenvalue weighted by atomic mass is 32.2.